The standard InChI is InChI=1S/C11H18N2OS/c1-9(2)3-5-12-11(14)7-13-10-4-6-15-8-10/h4,6,8-9,13H,3,5,7H2,1-2H3,(H,12,14). The van der Waals surface area contributed by atoms with Crippen LogP contribution in [0.2, 0.25) is 0 Å². The van der Waals surface area contributed by atoms with Crippen molar-refractivity contribution in [2.24, 2.45) is 5.92 Å². The number of rotatable bonds is 6. The summed E-state index contributed by atoms with van der Waals surface area (Å²) in [6.07, 6.45) is 1.03. The van der Waals surface area contributed by atoms with Crippen LogP contribution in [-0.4, -0.2) is 19.0 Å². The van der Waals surface area contributed by atoms with Crippen molar-refractivity contribution in [3.63, 3.8) is 0 Å². The molecule has 0 radical (unpaired) electrons. The monoisotopic (exact) mass is 226 g/mol. The molecule has 0 unspecified atom stereocenters. The molecule has 0 spiro atoms. The van der Waals surface area contributed by atoms with E-state index in [1.54, 1.807) is 11.3 Å². The first-order valence-electron chi connectivity index (χ1n) is 5.21. The van der Waals surface area contributed by atoms with Gasteiger partial charge in [-0.05, 0) is 23.8 Å². The number of thiophene rings is 1. The van der Waals surface area contributed by atoms with Crippen LogP contribution in [0.5, 0.6) is 0 Å². The number of nitrogens with one attached hydrogen (secondary N) is 2. The topological polar surface area (TPSA) is 41.1 Å². The molecule has 0 aliphatic heterocycles. The summed E-state index contributed by atoms with van der Waals surface area (Å²) in [6.45, 7) is 5.42. The molecule has 0 aliphatic rings. The second-order valence-corrected chi connectivity index (χ2v) is 4.68. The third-order valence-corrected chi connectivity index (χ3v) is 2.70. The summed E-state index contributed by atoms with van der Waals surface area (Å²) in [5, 5.41) is 9.91. The van der Waals surface area contributed by atoms with Gasteiger partial charge in [0, 0.05) is 17.6 Å². The van der Waals surface area contributed by atoms with Crippen molar-refractivity contribution < 1.29 is 4.79 Å². The van der Waals surface area contributed by atoms with E-state index in [1.165, 1.54) is 0 Å². The highest BCUT2D eigenvalue weighted by Gasteiger charge is 2.01. The molecule has 3 nitrogen and oxygen atoms in total. The van der Waals surface area contributed by atoms with Crippen molar-refractivity contribution in [3.05, 3.63) is 16.8 Å². The van der Waals surface area contributed by atoms with Gasteiger partial charge in [0.2, 0.25) is 5.91 Å². The van der Waals surface area contributed by atoms with E-state index in [0.717, 1.165) is 18.7 Å². The molecule has 1 aromatic heterocycles. The Balaban J connectivity index is 2.09. The number of hydrogen-bond donors (Lipinski definition) is 2. The molecule has 0 bridgehead atoms. The average Bonchev–Trinajstić information content (AvgIpc) is 2.66. The van der Waals surface area contributed by atoms with Gasteiger partial charge in [-0.15, -0.1) is 0 Å². The smallest absolute Gasteiger partial charge is 0.239 e. The maximum absolute atomic E-state index is 11.3. The molecule has 84 valence electrons. The Bertz CT molecular complexity index is 283. The Morgan fingerprint density at radius 3 is 2.93 bits per heavy atom. The van der Waals surface area contributed by atoms with Gasteiger partial charge in [0.05, 0.1) is 6.54 Å². The lowest BCUT2D eigenvalue weighted by Gasteiger charge is -2.07. The summed E-state index contributed by atoms with van der Waals surface area (Å²) in [6, 6.07) is 1.96. The van der Waals surface area contributed by atoms with E-state index in [2.05, 4.69) is 24.5 Å². The van der Waals surface area contributed by atoms with Gasteiger partial charge >= 0.3 is 0 Å². The van der Waals surface area contributed by atoms with Gasteiger partial charge in [-0.1, -0.05) is 13.8 Å². The molecular weight excluding hydrogens is 208 g/mol. The van der Waals surface area contributed by atoms with Crippen LogP contribution in [-0.2, 0) is 4.79 Å². The average molecular weight is 226 g/mol. The molecule has 1 aromatic rings. The van der Waals surface area contributed by atoms with E-state index in [4.69, 9.17) is 0 Å². The summed E-state index contributed by atoms with van der Waals surface area (Å²) >= 11 is 1.62. The highest BCUT2D eigenvalue weighted by atomic mass is 32.1. The maximum atomic E-state index is 11.3. The van der Waals surface area contributed by atoms with Crippen molar-refractivity contribution in [3.8, 4) is 0 Å². The van der Waals surface area contributed by atoms with Crippen LogP contribution >= 0.6 is 11.3 Å². The zero-order valence-corrected chi connectivity index (χ0v) is 10.1. The normalized spacial score (nSPS) is 10.3. The van der Waals surface area contributed by atoms with Gasteiger partial charge in [-0.2, -0.15) is 11.3 Å². The third-order valence-electron chi connectivity index (χ3n) is 2.02. The van der Waals surface area contributed by atoms with Gasteiger partial charge in [-0.3, -0.25) is 4.79 Å². The van der Waals surface area contributed by atoms with Crippen LogP contribution in [0.3, 0.4) is 0 Å². The van der Waals surface area contributed by atoms with Crippen LogP contribution in [0.4, 0.5) is 5.69 Å². The summed E-state index contributed by atoms with van der Waals surface area (Å²) in [7, 11) is 0. The molecule has 0 aliphatic carbocycles. The second kappa shape index (κ2) is 6.45. The van der Waals surface area contributed by atoms with E-state index in [1.807, 2.05) is 16.8 Å². The molecule has 4 heteroatoms. The van der Waals surface area contributed by atoms with Crippen molar-refractivity contribution in [1.29, 1.82) is 0 Å². The lowest BCUT2D eigenvalue weighted by Crippen LogP contribution is -2.31. The number of anilines is 1. The van der Waals surface area contributed by atoms with Gasteiger partial charge in [0.25, 0.3) is 0 Å². The molecule has 0 saturated carbocycles. The first-order valence-corrected chi connectivity index (χ1v) is 6.15. The van der Waals surface area contributed by atoms with Crippen molar-refractivity contribution in [2.45, 2.75) is 20.3 Å². The number of hydrogen-bond acceptors (Lipinski definition) is 3. The quantitative estimate of drug-likeness (QED) is 0.781. The van der Waals surface area contributed by atoms with Crippen LogP contribution in [0.1, 0.15) is 20.3 Å². The lowest BCUT2D eigenvalue weighted by atomic mass is 10.1. The summed E-state index contributed by atoms with van der Waals surface area (Å²) in [4.78, 5) is 11.3. The number of carbonyl (C=O) groups is 1. The van der Waals surface area contributed by atoms with E-state index in [0.29, 0.717) is 12.5 Å². The molecule has 0 fully saturated rings. The van der Waals surface area contributed by atoms with E-state index in [-0.39, 0.29) is 5.91 Å². The molecule has 0 atom stereocenters. The minimum Gasteiger partial charge on any atom is -0.375 e. The largest absolute Gasteiger partial charge is 0.375 e. The number of amides is 1. The zero-order chi connectivity index (χ0) is 11.1. The summed E-state index contributed by atoms with van der Waals surface area (Å²) < 4.78 is 0. The lowest BCUT2D eigenvalue weighted by molar-refractivity contribution is -0.119. The molecular formula is C11H18N2OS. The summed E-state index contributed by atoms with van der Waals surface area (Å²) in [5.74, 6) is 0.692. The minimum absolute atomic E-state index is 0.0573. The molecule has 0 saturated heterocycles. The highest BCUT2D eigenvalue weighted by molar-refractivity contribution is 7.08. The van der Waals surface area contributed by atoms with Crippen LogP contribution in [0.25, 0.3) is 0 Å². The molecule has 1 amide bonds. The molecule has 0 aromatic carbocycles. The van der Waals surface area contributed by atoms with Crippen molar-refractivity contribution in [2.75, 3.05) is 18.4 Å². The predicted octanol–water partition coefficient (Wildman–Crippen LogP) is 2.32. The summed E-state index contributed by atoms with van der Waals surface area (Å²) in [5.41, 5.74) is 1.01. The second-order valence-electron chi connectivity index (χ2n) is 3.90. The Hall–Kier alpha value is -1.03. The fourth-order valence-electron chi connectivity index (χ4n) is 1.11. The molecule has 2 N–H and O–H groups in total. The molecule has 15 heavy (non-hydrogen) atoms. The van der Waals surface area contributed by atoms with Gasteiger partial charge in [-0.25, -0.2) is 0 Å². The van der Waals surface area contributed by atoms with Gasteiger partial charge in [0.1, 0.15) is 0 Å². The van der Waals surface area contributed by atoms with Crippen LogP contribution < -0.4 is 10.6 Å². The zero-order valence-electron chi connectivity index (χ0n) is 9.25. The number of carbonyl (C=O) groups excluding carboxylic acids is 1. The Labute approximate surface area is 94.9 Å². The fourth-order valence-corrected chi connectivity index (χ4v) is 1.72. The van der Waals surface area contributed by atoms with Gasteiger partial charge < -0.3 is 10.6 Å². The van der Waals surface area contributed by atoms with Crippen molar-refractivity contribution in [1.82, 2.24) is 5.32 Å². The Kier molecular flexibility index (Phi) is 5.18. The van der Waals surface area contributed by atoms with E-state index < -0.39 is 0 Å². The Morgan fingerprint density at radius 1 is 1.53 bits per heavy atom. The highest BCUT2D eigenvalue weighted by Crippen LogP contribution is 2.10. The SMILES string of the molecule is CC(C)CCNC(=O)CNc1ccsc1. The van der Waals surface area contributed by atoms with Crippen molar-refractivity contribution >= 4 is 22.9 Å². The van der Waals surface area contributed by atoms with Gasteiger partial charge in [0.15, 0.2) is 0 Å². The third kappa shape index (κ3) is 5.42. The maximum Gasteiger partial charge on any atom is 0.239 e. The van der Waals surface area contributed by atoms with Crippen LogP contribution in [0, 0.1) is 5.92 Å². The van der Waals surface area contributed by atoms with E-state index >= 15 is 0 Å². The van der Waals surface area contributed by atoms with Crippen LogP contribution in [0.15, 0.2) is 16.8 Å². The first kappa shape index (κ1) is 12.0. The fraction of sp³-hybridized carbons (Fsp3) is 0.545. The Morgan fingerprint density at radius 2 is 2.33 bits per heavy atom. The first-order chi connectivity index (χ1) is 7.18. The van der Waals surface area contributed by atoms with E-state index in [9.17, 15) is 4.79 Å². The molecule has 1 heterocycles. The minimum atomic E-state index is 0.0573. The predicted molar refractivity (Wildman–Crippen MR) is 65.3 cm³/mol. The molecule has 1 rings (SSSR count).